The Balaban J connectivity index is -0.000000526. The van der Waals surface area contributed by atoms with Crippen LogP contribution in [0.25, 0.3) is 0 Å². The summed E-state index contributed by atoms with van der Waals surface area (Å²) >= 11 is 3.35. The van der Waals surface area contributed by atoms with Gasteiger partial charge in [0, 0.05) is 10.0 Å². The molecule has 0 bridgehead atoms. The SMILES string of the molecule is Cc1cc(Br)ccc1C(=O)OC(C)(C)C.Cc1cc(C=O)ccc1C(=O)OC(C)(C)C.[2H]CF.[CH2-]CCC.[Li+]. The van der Waals surface area contributed by atoms with Gasteiger partial charge in [-0.15, -0.1) is 0 Å². The van der Waals surface area contributed by atoms with Gasteiger partial charge < -0.3 is 16.4 Å². The van der Waals surface area contributed by atoms with Crippen molar-refractivity contribution < 1.29 is 48.5 Å². The van der Waals surface area contributed by atoms with Crippen molar-refractivity contribution in [2.24, 2.45) is 0 Å². The number of alkyl halides is 1. The first-order valence-corrected chi connectivity index (χ1v) is 12.7. The van der Waals surface area contributed by atoms with Crippen molar-refractivity contribution in [2.75, 3.05) is 7.15 Å². The number of esters is 2. The van der Waals surface area contributed by atoms with E-state index in [1.807, 2.05) is 60.6 Å². The third-order valence-corrected chi connectivity index (χ3v) is 4.66. The number of hydrogen-bond acceptors (Lipinski definition) is 5. The number of benzene rings is 2. The van der Waals surface area contributed by atoms with Gasteiger partial charge in [0.05, 0.1) is 19.7 Å². The Bertz CT molecular complexity index is 1020. The van der Waals surface area contributed by atoms with E-state index in [0.717, 1.165) is 28.3 Å². The molecule has 0 heterocycles. The van der Waals surface area contributed by atoms with Crippen LogP contribution in [0.4, 0.5) is 4.39 Å². The van der Waals surface area contributed by atoms with E-state index in [0.29, 0.717) is 16.7 Å². The summed E-state index contributed by atoms with van der Waals surface area (Å²) in [6.07, 6.45) is 3.03. The van der Waals surface area contributed by atoms with Crippen molar-refractivity contribution >= 4 is 34.2 Å². The van der Waals surface area contributed by atoms with E-state index >= 15 is 0 Å². The molecule has 0 spiro atoms. The second-order valence-corrected chi connectivity index (χ2v) is 10.9. The minimum atomic E-state index is -1.00. The average Bonchev–Trinajstić information content (AvgIpc) is 2.77. The third kappa shape index (κ3) is 18.3. The van der Waals surface area contributed by atoms with Gasteiger partial charge in [-0.05, 0) is 96.8 Å². The van der Waals surface area contributed by atoms with E-state index in [4.69, 9.17) is 10.8 Å². The molecule has 0 amide bonds. The molecule has 0 saturated heterocycles. The fourth-order valence-corrected chi connectivity index (χ4v) is 2.99. The first-order chi connectivity index (χ1) is 17.5. The second kappa shape index (κ2) is 20.0. The summed E-state index contributed by atoms with van der Waals surface area (Å²) < 4.78 is 27.0. The van der Waals surface area contributed by atoms with Crippen LogP contribution in [-0.4, -0.2) is 36.6 Å². The molecule has 0 atom stereocenters. The van der Waals surface area contributed by atoms with Gasteiger partial charge in [-0.3, -0.25) is 9.18 Å². The number of rotatable bonds is 4. The summed E-state index contributed by atoms with van der Waals surface area (Å²) in [6.45, 7) is 20.4. The summed E-state index contributed by atoms with van der Waals surface area (Å²) in [7, 11) is -1.00. The van der Waals surface area contributed by atoms with Gasteiger partial charge in [0.2, 0.25) is 0 Å². The van der Waals surface area contributed by atoms with Gasteiger partial charge >= 0.3 is 30.8 Å². The van der Waals surface area contributed by atoms with E-state index in [2.05, 4.69) is 29.8 Å². The smallest absolute Gasteiger partial charge is 0.456 e. The Morgan fingerprint density at radius 1 is 0.947 bits per heavy atom. The topological polar surface area (TPSA) is 69.7 Å². The maximum atomic E-state index is 11.8. The zero-order valence-corrected chi connectivity index (χ0v) is 26.3. The van der Waals surface area contributed by atoms with Crippen LogP contribution in [0.1, 0.15) is 105 Å². The summed E-state index contributed by atoms with van der Waals surface area (Å²) in [5, 5.41) is 0. The van der Waals surface area contributed by atoms with Crippen LogP contribution in [0, 0.1) is 20.8 Å². The van der Waals surface area contributed by atoms with Gasteiger partial charge in [-0.25, -0.2) is 9.59 Å². The number of carbonyl (C=O) groups is 3. The zero-order valence-electron chi connectivity index (χ0n) is 25.7. The molecule has 0 aromatic heterocycles. The average molecular weight is 591 g/mol. The standard InChI is InChI=1S/C13H16O3.C12H15BrO2.C4H9.CH3F.Li/c1-9-7-10(8-14)5-6-11(9)12(15)16-13(2,3)4;1-8-7-9(13)5-6-10(8)11(14)15-12(2,3)4;1-3-4-2;1-2;/h5-8H,1-4H3;5-7H,1-4H3;1,3-4H2,2H3;1H3;/q;;-1;;+1/i;;;1D;. The Morgan fingerprint density at radius 2 is 1.32 bits per heavy atom. The maximum absolute atomic E-state index is 11.8. The van der Waals surface area contributed by atoms with E-state index in [1.165, 1.54) is 6.42 Å². The Labute approximate surface area is 251 Å². The Kier molecular flexibility index (Phi) is 20.1. The van der Waals surface area contributed by atoms with Gasteiger partial charge in [0.1, 0.15) is 17.5 Å². The fourth-order valence-electron chi connectivity index (χ4n) is 2.51. The Hall–Kier alpha value is -1.94. The van der Waals surface area contributed by atoms with Crippen LogP contribution in [0.5, 0.6) is 0 Å². The number of ether oxygens (including phenoxy) is 2. The molecular formula is C30H43BrFLiO5. The van der Waals surface area contributed by atoms with Gasteiger partial charge in [-0.1, -0.05) is 35.3 Å². The summed E-state index contributed by atoms with van der Waals surface area (Å²) in [4.78, 5) is 34.1. The fraction of sp³-hybridized carbons (Fsp3) is 0.467. The number of unbranched alkanes of at least 4 members (excludes halogenated alkanes) is 1. The molecule has 0 aliphatic carbocycles. The van der Waals surface area contributed by atoms with Crippen LogP contribution in [-0.2, 0) is 9.47 Å². The van der Waals surface area contributed by atoms with Crippen LogP contribution < -0.4 is 18.9 Å². The maximum Gasteiger partial charge on any atom is 1.00 e. The molecule has 208 valence electrons. The van der Waals surface area contributed by atoms with Crippen molar-refractivity contribution in [1.29, 1.82) is 0 Å². The van der Waals surface area contributed by atoms with E-state index in [9.17, 15) is 18.8 Å². The van der Waals surface area contributed by atoms with E-state index < -0.39 is 18.4 Å². The van der Waals surface area contributed by atoms with Crippen LogP contribution in [0.15, 0.2) is 40.9 Å². The van der Waals surface area contributed by atoms with Gasteiger partial charge in [0.15, 0.2) is 0 Å². The monoisotopic (exact) mass is 589 g/mol. The molecule has 38 heavy (non-hydrogen) atoms. The molecule has 5 nitrogen and oxygen atoms in total. The summed E-state index contributed by atoms with van der Waals surface area (Å²) in [6, 6.07) is 10.4. The van der Waals surface area contributed by atoms with E-state index in [-0.39, 0.29) is 30.8 Å². The van der Waals surface area contributed by atoms with Crippen molar-refractivity contribution in [2.45, 2.75) is 86.4 Å². The number of halogens is 2. The number of hydrogen-bond donors (Lipinski definition) is 0. The molecule has 0 N–H and O–H groups in total. The molecular weight excluding hydrogens is 546 g/mol. The number of aryl methyl sites for hydroxylation is 2. The number of aldehydes is 1. The molecule has 0 saturated carbocycles. The van der Waals surface area contributed by atoms with E-state index in [1.54, 1.807) is 31.2 Å². The van der Waals surface area contributed by atoms with Gasteiger partial charge in [0.25, 0.3) is 0 Å². The van der Waals surface area contributed by atoms with Crippen molar-refractivity contribution in [3.63, 3.8) is 0 Å². The normalized spacial score (nSPS) is 10.4. The summed E-state index contributed by atoms with van der Waals surface area (Å²) in [5.74, 6) is -0.630. The molecule has 0 radical (unpaired) electrons. The third-order valence-electron chi connectivity index (χ3n) is 4.17. The molecule has 2 rings (SSSR count). The molecule has 2 aromatic rings. The predicted octanol–water partition coefficient (Wildman–Crippen LogP) is 5.69. The predicted molar refractivity (Wildman–Crippen MR) is 153 cm³/mol. The first-order valence-electron chi connectivity index (χ1n) is 12.6. The molecule has 2 aromatic carbocycles. The molecule has 0 aliphatic heterocycles. The molecule has 0 aliphatic rings. The zero-order chi connectivity index (χ0) is 30.1. The largest absolute Gasteiger partial charge is 1.00 e. The second-order valence-electron chi connectivity index (χ2n) is 10.0. The Morgan fingerprint density at radius 3 is 1.61 bits per heavy atom. The molecule has 0 unspecified atom stereocenters. The molecule has 0 fully saturated rings. The first kappa shape index (κ1) is 38.2. The van der Waals surface area contributed by atoms with Crippen molar-refractivity contribution in [3.8, 4) is 0 Å². The van der Waals surface area contributed by atoms with Gasteiger partial charge in [-0.2, -0.15) is 6.42 Å². The quantitative estimate of drug-likeness (QED) is 0.198. The molecule has 8 heteroatoms. The minimum absolute atomic E-state index is 0. The van der Waals surface area contributed by atoms with Crippen LogP contribution in [0.2, 0.25) is 0 Å². The van der Waals surface area contributed by atoms with Crippen molar-refractivity contribution in [1.82, 2.24) is 0 Å². The summed E-state index contributed by atoms with van der Waals surface area (Å²) in [5.41, 5.74) is 2.39. The van der Waals surface area contributed by atoms with Crippen LogP contribution >= 0.6 is 15.9 Å². The van der Waals surface area contributed by atoms with Crippen molar-refractivity contribution in [3.05, 3.63) is 75.6 Å². The minimum Gasteiger partial charge on any atom is -0.456 e. The number of carbonyl (C=O) groups excluding carboxylic acids is 3. The van der Waals surface area contributed by atoms with Crippen LogP contribution in [0.3, 0.4) is 0 Å².